The normalized spacial score (nSPS) is 10.3. The van der Waals surface area contributed by atoms with Gasteiger partial charge in [0.15, 0.2) is 0 Å². The number of pyridine rings is 1. The minimum absolute atomic E-state index is 0.658. The number of thiazole rings is 1. The van der Waals surface area contributed by atoms with Crippen molar-refractivity contribution in [2.75, 3.05) is 0 Å². The van der Waals surface area contributed by atoms with E-state index >= 15 is 0 Å². The molecule has 0 atom stereocenters. The number of nitrogens with zero attached hydrogens (tertiary/aromatic N) is 3. The lowest BCUT2D eigenvalue weighted by Gasteiger charge is -2.02. The molecule has 102 valence electrons. The first-order valence-corrected chi connectivity index (χ1v) is 7.45. The highest BCUT2D eigenvalue weighted by Crippen LogP contribution is 2.29. The predicted octanol–water partition coefficient (Wildman–Crippen LogP) is 4.36. The van der Waals surface area contributed by atoms with E-state index in [0.29, 0.717) is 5.56 Å². The summed E-state index contributed by atoms with van der Waals surface area (Å²) in [7, 11) is 0. The summed E-state index contributed by atoms with van der Waals surface area (Å²) in [5, 5.41) is 11.8. The molecule has 21 heavy (non-hydrogen) atoms. The van der Waals surface area contributed by atoms with Gasteiger partial charge in [0.1, 0.15) is 10.7 Å². The average Bonchev–Trinajstić information content (AvgIpc) is 2.97. The van der Waals surface area contributed by atoms with E-state index in [-0.39, 0.29) is 0 Å². The molecule has 3 rings (SSSR count). The van der Waals surface area contributed by atoms with Crippen LogP contribution in [-0.4, -0.2) is 9.97 Å². The maximum absolute atomic E-state index is 8.83. The molecule has 3 aromatic rings. The molecule has 2 aromatic heterocycles. The zero-order valence-corrected chi connectivity index (χ0v) is 12.6. The van der Waals surface area contributed by atoms with E-state index in [1.165, 1.54) is 0 Å². The van der Waals surface area contributed by atoms with Crippen molar-refractivity contribution in [1.29, 1.82) is 5.26 Å². The van der Waals surface area contributed by atoms with E-state index in [1.54, 1.807) is 11.3 Å². The number of hydrogen-bond donors (Lipinski definition) is 0. The Balaban J connectivity index is 1.97. The minimum atomic E-state index is 0.658. The van der Waals surface area contributed by atoms with E-state index in [9.17, 15) is 0 Å². The number of nitriles is 1. The van der Waals surface area contributed by atoms with Gasteiger partial charge in [-0.3, -0.25) is 4.98 Å². The molecule has 1 aromatic carbocycles. The molecule has 0 aliphatic heterocycles. The number of hydrogen-bond acceptors (Lipinski definition) is 4. The first kappa shape index (κ1) is 13.5. The highest BCUT2D eigenvalue weighted by molar-refractivity contribution is 7.13. The van der Waals surface area contributed by atoms with E-state index in [0.717, 1.165) is 33.1 Å². The Bertz CT molecular complexity index is 826. The largest absolute Gasteiger partial charge is 0.253 e. The Hall–Kier alpha value is -2.51. The van der Waals surface area contributed by atoms with Crippen LogP contribution in [0.2, 0.25) is 0 Å². The van der Waals surface area contributed by atoms with Crippen LogP contribution in [0.3, 0.4) is 0 Å². The van der Waals surface area contributed by atoms with Gasteiger partial charge in [0.2, 0.25) is 0 Å². The summed E-state index contributed by atoms with van der Waals surface area (Å²) in [6.07, 6.45) is 1.87. The lowest BCUT2D eigenvalue weighted by molar-refractivity contribution is 1.21. The van der Waals surface area contributed by atoms with Crippen LogP contribution in [0.5, 0.6) is 0 Å². The van der Waals surface area contributed by atoms with E-state index < -0.39 is 0 Å². The summed E-state index contributed by atoms with van der Waals surface area (Å²) in [5.41, 5.74) is 5.81. The monoisotopic (exact) mass is 291 g/mol. The summed E-state index contributed by atoms with van der Waals surface area (Å²) in [5.74, 6) is 0. The van der Waals surface area contributed by atoms with Gasteiger partial charge in [-0.15, -0.1) is 11.3 Å². The Kier molecular flexibility index (Phi) is 3.51. The molecule has 0 spiro atoms. The van der Waals surface area contributed by atoms with Crippen molar-refractivity contribution in [1.82, 2.24) is 9.97 Å². The van der Waals surface area contributed by atoms with Gasteiger partial charge in [0.05, 0.1) is 17.3 Å². The first-order valence-electron chi connectivity index (χ1n) is 6.57. The zero-order chi connectivity index (χ0) is 14.8. The molecule has 0 fully saturated rings. The van der Waals surface area contributed by atoms with E-state index in [2.05, 4.69) is 29.0 Å². The van der Waals surface area contributed by atoms with Crippen LogP contribution in [-0.2, 0) is 0 Å². The van der Waals surface area contributed by atoms with Crippen molar-refractivity contribution in [2.24, 2.45) is 0 Å². The Labute approximate surface area is 127 Å². The fraction of sp³-hybridized carbons (Fsp3) is 0.118. The van der Waals surface area contributed by atoms with Gasteiger partial charge in [0, 0.05) is 17.1 Å². The maximum atomic E-state index is 8.83. The van der Waals surface area contributed by atoms with Gasteiger partial charge >= 0.3 is 0 Å². The summed E-state index contributed by atoms with van der Waals surface area (Å²) in [6.45, 7) is 4.09. The third-order valence-corrected chi connectivity index (χ3v) is 4.08. The molecule has 0 saturated carbocycles. The third-order valence-electron chi connectivity index (χ3n) is 3.23. The fourth-order valence-corrected chi connectivity index (χ4v) is 3.06. The molecule has 2 heterocycles. The van der Waals surface area contributed by atoms with Crippen molar-refractivity contribution in [3.63, 3.8) is 0 Å². The highest BCUT2D eigenvalue weighted by atomic mass is 32.1. The fourth-order valence-electron chi connectivity index (χ4n) is 2.17. The van der Waals surface area contributed by atoms with Crippen molar-refractivity contribution in [3.8, 4) is 28.0 Å². The van der Waals surface area contributed by atoms with Crippen LogP contribution in [0, 0.1) is 25.2 Å². The quantitative estimate of drug-likeness (QED) is 0.705. The van der Waals surface area contributed by atoms with Crippen LogP contribution in [0.1, 0.15) is 16.7 Å². The van der Waals surface area contributed by atoms with Crippen molar-refractivity contribution >= 4 is 11.3 Å². The smallest absolute Gasteiger partial charge is 0.142 e. The van der Waals surface area contributed by atoms with Gasteiger partial charge < -0.3 is 0 Å². The molecular formula is C17H13N3S. The number of aryl methyl sites for hydroxylation is 2. The number of benzene rings is 1. The van der Waals surface area contributed by atoms with Gasteiger partial charge in [-0.1, -0.05) is 18.2 Å². The summed E-state index contributed by atoms with van der Waals surface area (Å²) in [6, 6.07) is 11.7. The highest BCUT2D eigenvalue weighted by Gasteiger charge is 2.10. The summed E-state index contributed by atoms with van der Waals surface area (Å²) >= 11 is 1.59. The molecule has 0 unspecified atom stereocenters. The molecule has 0 aliphatic rings. The molecule has 0 amide bonds. The van der Waals surface area contributed by atoms with Gasteiger partial charge in [-0.25, -0.2) is 4.98 Å². The lowest BCUT2D eigenvalue weighted by atomic mass is 10.1. The molecule has 0 N–H and O–H groups in total. The zero-order valence-electron chi connectivity index (χ0n) is 11.8. The molecule has 3 nitrogen and oxygen atoms in total. The Morgan fingerprint density at radius 1 is 1.14 bits per heavy atom. The second-order valence-corrected chi connectivity index (χ2v) is 5.76. The van der Waals surface area contributed by atoms with E-state index in [1.807, 2.05) is 42.8 Å². The second kappa shape index (κ2) is 5.47. The molecular weight excluding hydrogens is 278 g/mol. The molecule has 0 aliphatic carbocycles. The molecule has 0 saturated heterocycles. The molecule has 0 radical (unpaired) electrons. The van der Waals surface area contributed by atoms with Crippen LogP contribution in [0.4, 0.5) is 0 Å². The second-order valence-electron chi connectivity index (χ2n) is 4.91. The van der Waals surface area contributed by atoms with Crippen molar-refractivity contribution < 1.29 is 0 Å². The van der Waals surface area contributed by atoms with Crippen LogP contribution in [0.25, 0.3) is 22.0 Å². The van der Waals surface area contributed by atoms with Crippen LogP contribution >= 0.6 is 11.3 Å². The molecule has 0 bridgehead atoms. The Morgan fingerprint density at radius 2 is 1.90 bits per heavy atom. The average molecular weight is 291 g/mol. The van der Waals surface area contributed by atoms with Crippen LogP contribution < -0.4 is 0 Å². The molecule has 4 heteroatoms. The summed E-state index contributed by atoms with van der Waals surface area (Å²) < 4.78 is 0. The lowest BCUT2D eigenvalue weighted by Crippen LogP contribution is -1.89. The summed E-state index contributed by atoms with van der Waals surface area (Å²) in [4.78, 5) is 9.16. The SMILES string of the molecule is Cc1cnc(-c2nc(-c3ccc(C#N)cc3)cs2)c(C)c1. The first-order chi connectivity index (χ1) is 10.2. The van der Waals surface area contributed by atoms with Crippen molar-refractivity contribution in [2.45, 2.75) is 13.8 Å². The van der Waals surface area contributed by atoms with Crippen LogP contribution in [0.15, 0.2) is 41.9 Å². The number of aromatic nitrogens is 2. The number of rotatable bonds is 2. The minimum Gasteiger partial charge on any atom is -0.253 e. The van der Waals surface area contributed by atoms with Crippen molar-refractivity contribution in [3.05, 3.63) is 58.6 Å². The maximum Gasteiger partial charge on any atom is 0.142 e. The Morgan fingerprint density at radius 3 is 2.57 bits per heavy atom. The van der Waals surface area contributed by atoms with Gasteiger partial charge in [0.25, 0.3) is 0 Å². The topological polar surface area (TPSA) is 49.6 Å². The standard InChI is InChI=1S/C17H13N3S/c1-11-7-12(2)16(19-9-11)17-20-15(10-21-17)14-5-3-13(8-18)4-6-14/h3-7,9-10H,1-2H3. The predicted molar refractivity (Wildman–Crippen MR) is 85.0 cm³/mol. The van der Waals surface area contributed by atoms with Gasteiger partial charge in [-0.05, 0) is 37.1 Å². The third kappa shape index (κ3) is 2.69. The van der Waals surface area contributed by atoms with Gasteiger partial charge in [-0.2, -0.15) is 5.26 Å². The van der Waals surface area contributed by atoms with E-state index in [4.69, 9.17) is 5.26 Å².